The topological polar surface area (TPSA) is 431 Å². The molecule has 17 rings (SSSR count). The minimum absolute atomic E-state index is 0.0111. The zero-order valence-corrected chi connectivity index (χ0v) is 87.1. The predicted octanol–water partition coefficient (Wildman–Crippen LogP) is 15.8. The van der Waals surface area contributed by atoms with Crippen LogP contribution >= 0.6 is 46.4 Å². The first-order valence-corrected chi connectivity index (χ1v) is 49.9. The number of pyridine rings is 12. The molecule has 148 heavy (non-hydrogen) atoms. The average Bonchev–Trinajstić information content (AvgIpc) is 0.780. The lowest BCUT2D eigenvalue weighted by atomic mass is 10.0. The molecule has 0 radical (unpaired) electrons. The molecule has 43 heteroatoms. The van der Waals surface area contributed by atoms with Gasteiger partial charge >= 0.3 is 0 Å². The summed E-state index contributed by atoms with van der Waals surface area (Å²) >= 11 is 25.6. The maximum Gasteiger partial charge on any atom is 0.277 e. The number of hydrogen-bond acceptors (Lipinski definition) is 30. The standard InChI is InChI=1S/C27H27ClFN5O4.C27H23ClFN5O3.C26H23ClFN5O4.C25H25ClFN5O3Si/c1-15-8-18(29)21(31-11-15)13-38-23-9-17(3)34(25(35)24(23)28)22-10-20(32-12-16(22)2)19-6-7-30-26(33-19)27(4,36)14-37-5;1-6-27(5,36)26-30-8-7-19(33-26)20-11-22(16(3)13-32-20)34-17(4)10-23(24(28)25(34)35)37-14-21-18(29)9-15(2)12-31-21;1-14-6-17(28)20(30-9-14)11-37-22-7-16(3)33(24(34)23(22)27)21-8-19(31-10-15(21)2)18-4-5-29-25(32-18)26(35)12-36-13-26;1-14-8-17(27)20(29-11-14)13-35-22-9-16(3)32(24(33)23(22)26)21-10-19(30-12-15(21)2)18-6-7-28-25(31-18)36(4,5)34/h6-12,36H,13-14H2,1-5H3;1,7-13,36H,14H2,2-5H3;4-10,35H,11-13H2,1-3H3;6-12,34H,13H2,1-5H3. The van der Waals surface area contributed by atoms with Crippen molar-refractivity contribution in [2.24, 2.45) is 0 Å². The van der Waals surface area contributed by atoms with Crippen LogP contribution in [-0.4, -0.2) is 153 Å². The molecule has 2 atom stereocenters. The van der Waals surface area contributed by atoms with Crippen molar-refractivity contribution >= 4 is 60.2 Å². The van der Waals surface area contributed by atoms with Gasteiger partial charge in [0.1, 0.15) is 127 Å². The SMILES string of the molecule is C#CC(C)(O)c1nccc(-c2cc(-n3c(C)cc(OCc4ncc(C)cc4F)c(Cl)c3=O)c(C)cn2)n1.COCC(C)(O)c1nccc(-c2cc(-n3c(C)cc(OCc4ncc(C)cc4F)c(Cl)c3=O)c(C)cn2)n1.Cc1cnc(COc2cc(C)n(-c3cc(-c4ccnc(C5(O)COC5)n4)ncc3C)c(=O)c2Cl)c(F)c1.Cc1cnc(COc2cc(C)n(-c3cc(-c4ccnc([Si](C)(C)O)n4)ncc3C)c(=O)c2Cl)c(F)c1. The van der Waals surface area contributed by atoms with Crippen LogP contribution in [0.5, 0.6) is 23.0 Å². The number of aryl methyl sites for hydroxylation is 12. The van der Waals surface area contributed by atoms with Crippen molar-refractivity contribution in [2.75, 3.05) is 26.9 Å². The lowest BCUT2D eigenvalue weighted by Crippen LogP contribution is -2.47. The van der Waals surface area contributed by atoms with Crippen molar-refractivity contribution < 1.29 is 66.1 Å². The van der Waals surface area contributed by atoms with Crippen LogP contribution in [0, 0.1) is 119 Å². The van der Waals surface area contributed by atoms with E-state index in [-0.39, 0.29) is 130 Å². The molecule has 0 aromatic carbocycles. The lowest BCUT2D eigenvalue weighted by molar-refractivity contribution is -0.189. The third-order valence-corrected chi connectivity index (χ3v) is 25.8. The van der Waals surface area contributed by atoms with Gasteiger partial charge in [-0.3, -0.25) is 77.3 Å². The molecule has 762 valence electrons. The minimum atomic E-state index is -2.72. The van der Waals surface area contributed by atoms with E-state index < -0.39 is 70.6 Å². The van der Waals surface area contributed by atoms with E-state index in [1.54, 1.807) is 199 Å². The molecule has 34 nitrogen and oxygen atoms in total. The van der Waals surface area contributed by atoms with Gasteiger partial charge in [0.05, 0.1) is 88.1 Å². The Morgan fingerprint density at radius 1 is 0.405 bits per heavy atom. The second-order valence-corrected chi connectivity index (χ2v) is 40.9. The maximum atomic E-state index is 14.2. The molecular formula is C105H98Cl4F4N20O14Si. The Kier molecular flexibility index (Phi) is 33.4. The Bertz CT molecular complexity index is 8130. The first kappa shape index (κ1) is 109. The van der Waals surface area contributed by atoms with Crippen LogP contribution in [0.1, 0.15) is 121 Å². The largest absolute Gasteiger partial charge is 0.485 e. The zero-order chi connectivity index (χ0) is 107. The van der Waals surface area contributed by atoms with Gasteiger partial charge in [-0.25, -0.2) is 57.4 Å². The third kappa shape index (κ3) is 24.6. The summed E-state index contributed by atoms with van der Waals surface area (Å²) in [6.07, 6.45) is 24.2. The summed E-state index contributed by atoms with van der Waals surface area (Å²) in [5, 5.41) is 30.9. The van der Waals surface area contributed by atoms with Crippen molar-refractivity contribution in [1.29, 1.82) is 0 Å². The molecule has 0 amide bonds. The molecule has 1 aliphatic heterocycles. The molecule has 16 aromatic heterocycles. The molecule has 2 unspecified atom stereocenters. The fraction of sp³-hybridized carbons (Fsp3) is 0.257. The van der Waals surface area contributed by atoms with Gasteiger partial charge in [0.25, 0.3) is 30.6 Å². The number of aliphatic hydroxyl groups is 3. The van der Waals surface area contributed by atoms with E-state index in [2.05, 4.69) is 85.7 Å². The Morgan fingerprint density at radius 2 is 0.689 bits per heavy atom. The molecule has 17 heterocycles. The quantitative estimate of drug-likeness (QED) is 0.0222. The molecule has 0 bridgehead atoms. The van der Waals surface area contributed by atoms with Gasteiger partial charge in [0.15, 0.2) is 28.7 Å². The number of hydrogen-bond donors (Lipinski definition) is 4. The minimum Gasteiger partial charge on any atom is -0.485 e. The van der Waals surface area contributed by atoms with Crippen molar-refractivity contribution in [2.45, 2.75) is 153 Å². The van der Waals surface area contributed by atoms with E-state index in [4.69, 9.17) is 81.2 Å². The van der Waals surface area contributed by atoms with E-state index in [9.17, 15) is 56.9 Å². The molecule has 16 aromatic rings. The highest BCUT2D eigenvalue weighted by molar-refractivity contribution is 6.81. The smallest absolute Gasteiger partial charge is 0.277 e. The van der Waals surface area contributed by atoms with E-state index in [1.807, 2.05) is 20.8 Å². The van der Waals surface area contributed by atoms with Gasteiger partial charge in [0, 0.05) is 129 Å². The Labute approximate surface area is 866 Å². The second-order valence-electron chi connectivity index (χ2n) is 35.8. The van der Waals surface area contributed by atoms with Crippen LogP contribution < -0.4 is 46.6 Å². The normalized spacial score (nSPS) is 12.8. The van der Waals surface area contributed by atoms with Crippen molar-refractivity contribution in [3.8, 4) is 104 Å². The van der Waals surface area contributed by atoms with Crippen molar-refractivity contribution in [3.63, 3.8) is 0 Å². The Hall–Kier alpha value is -15.1. The zero-order valence-electron chi connectivity index (χ0n) is 83.0. The monoisotopic (exact) mass is 2110 g/mol. The van der Waals surface area contributed by atoms with Gasteiger partial charge in [-0.1, -0.05) is 52.3 Å². The van der Waals surface area contributed by atoms with Crippen LogP contribution in [-0.2, 0) is 52.7 Å². The third-order valence-electron chi connectivity index (χ3n) is 23.1. The van der Waals surface area contributed by atoms with Crippen molar-refractivity contribution in [3.05, 3.63) is 364 Å². The highest BCUT2D eigenvalue weighted by atomic mass is 35.5. The fourth-order valence-electron chi connectivity index (χ4n) is 15.0. The summed E-state index contributed by atoms with van der Waals surface area (Å²) in [7, 11) is -1.24. The number of terminal acetylenes is 1. The van der Waals surface area contributed by atoms with Gasteiger partial charge in [0.2, 0.25) is 0 Å². The number of rotatable bonds is 26. The predicted molar refractivity (Wildman–Crippen MR) is 548 cm³/mol. The molecule has 4 N–H and O–H groups in total. The van der Waals surface area contributed by atoms with E-state index in [0.29, 0.717) is 124 Å². The highest BCUT2D eigenvalue weighted by Crippen LogP contribution is 2.36. The molecule has 1 saturated heterocycles. The van der Waals surface area contributed by atoms with Gasteiger partial charge in [-0.05, 0) is 227 Å². The van der Waals surface area contributed by atoms with Crippen LogP contribution in [0.4, 0.5) is 17.6 Å². The van der Waals surface area contributed by atoms with Crippen LogP contribution in [0.3, 0.4) is 0 Å². The molecule has 0 spiro atoms. The van der Waals surface area contributed by atoms with Gasteiger partial charge in [-0.15, -0.1) is 6.42 Å². The van der Waals surface area contributed by atoms with Gasteiger partial charge in [-0.2, -0.15) is 0 Å². The summed E-state index contributed by atoms with van der Waals surface area (Å²) < 4.78 is 95.3. The van der Waals surface area contributed by atoms with E-state index >= 15 is 0 Å². The molecular weight excluding hydrogens is 2010 g/mol. The number of halogens is 8. The molecule has 0 saturated carbocycles. The van der Waals surface area contributed by atoms with Gasteiger partial charge < -0.3 is 48.5 Å². The maximum absolute atomic E-state index is 14.2. The second kappa shape index (κ2) is 45.5. The van der Waals surface area contributed by atoms with Crippen LogP contribution in [0.15, 0.2) is 191 Å². The first-order chi connectivity index (χ1) is 70.1. The summed E-state index contributed by atoms with van der Waals surface area (Å²) in [6.45, 7) is 27.1. The molecule has 1 fully saturated rings. The number of methoxy groups -OCH3 is 1. The molecule has 0 aliphatic carbocycles. The number of nitrogens with zero attached hydrogens (tertiary/aromatic N) is 20. The molecule has 1 aliphatic rings. The number of ether oxygens (including phenoxy) is 6. The summed E-state index contributed by atoms with van der Waals surface area (Å²) in [4.78, 5) is 132. The van der Waals surface area contributed by atoms with Crippen molar-refractivity contribution in [1.82, 2.24) is 98.0 Å². The fourth-order valence-corrected chi connectivity index (χ4v) is 16.6. The summed E-state index contributed by atoms with van der Waals surface area (Å²) in [5.74, 6) is 1.25. The highest BCUT2D eigenvalue weighted by Gasteiger charge is 2.42. The number of aromatic nitrogens is 20. The van der Waals surface area contributed by atoms with E-state index in [0.717, 1.165) is 16.7 Å². The van der Waals surface area contributed by atoms with Crippen LogP contribution in [0.25, 0.3) is 68.3 Å². The summed E-state index contributed by atoms with van der Waals surface area (Å²) in [6, 6.07) is 25.4. The average molecular weight is 2110 g/mol. The Balaban J connectivity index is 0.000000156. The first-order valence-electron chi connectivity index (χ1n) is 45.5. The lowest BCUT2D eigenvalue weighted by Gasteiger charge is -2.34. The van der Waals surface area contributed by atoms with Crippen LogP contribution in [0.2, 0.25) is 33.2 Å². The Morgan fingerprint density at radius 3 is 0.973 bits per heavy atom. The van der Waals surface area contributed by atoms with E-state index in [1.165, 1.54) is 87.6 Å². The summed E-state index contributed by atoms with van der Waals surface area (Å²) in [5.41, 5.74) is 8.32.